The van der Waals surface area contributed by atoms with Gasteiger partial charge < -0.3 is 4.74 Å². The van der Waals surface area contributed by atoms with Gasteiger partial charge in [0.2, 0.25) is 0 Å². The molecule has 1 atom stereocenters. The summed E-state index contributed by atoms with van der Waals surface area (Å²) >= 11 is 9.55. The fraction of sp³-hybridized carbons (Fsp3) is 0.278. The lowest BCUT2D eigenvalue weighted by Gasteiger charge is -2.43. The van der Waals surface area contributed by atoms with E-state index in [0.717, 1.165) is 32.9 Å². The fourth-order valence-electron chi connectivity index (χ4n) is 3.25. The second-order valence-corrected chi connectivity index (χ2v) is 7.70. The minimum absolute atomic E-state index is 0.192. The number of hydrogen-bond acceptors (Lipinski definition) is 3. The van der Waals surface area contributed by atoms with Crippen molar-refractivity contribution < 1.29 is 4.74 Å². The van der Waals surface area contributed by atoms with Crippen LogP contribution in [0, 0.1) is 0 Å². The fourth-order valence-corrected chi connectivity index (χ4v) is 3.76. The van der Waals surface area contributed by atoms with Crippen LogP contribution in [0.1, 0.15) is 37.4 Å². The topological polar surface area (TPSA) is 24.8 Å². The minimum Gasteiger partial charge on any atom is -0.467 e. The molecule has 23 heavy (non-hydrogen) atoms. The molecule has 0 N–H and O–H groups in total. The van der Waals surface area contributed by atoms with Gasteiger partial charge in [-0.25, -0.2) is 5.01 Å². The van der Waals surface area contributed by atoms with Gasteiger partial charge >= 0.3 is 0 Å². The molecule has 2 aromatic carbocycles. The largest absolute Gasteiger partial charge is 0.467 e. The summed E-state index contributed by atoms with van der Waals surface area (Å²) in [5.74, 6) is 0.937. The molecule has 0 aromatic heterocycles. The van der Waals surface area contributed by atoms with Gasteiger partial charge in [-0.05, 0) is 49.7 Å². The lowest BCUT2D eigenvalue weighted by molar-refractivity contribution is -0.0911. The maximum atomic E-state index is 6.17. The van der Waals surface area contributed by atoms with Crippen LogP contribution in [-0.4, -0.2) is 16.4 Å². The van der Waals surface area contributed by atoms with Crippen LogP contribution < -0.4 is 4.74 Å². The Kier molecular flexibility index (Phi) is 3.43. The molecule has 4 rings (SSSR count). The number of halogens is 2. The van der Waals surface area contributed by atoms with Crippen LogP contribution in [0.3, 0.4) is 0 Å². The van der Waals surface area contributed by atoms with Crippen molar-refractivity contribution >= 4 is 33.2 Å². The van der Waals surface area contributed by atoms with Crippen LogP contribution in [0.4, 0.5) is 0 Å². The molecule has 0 fully saturated rings. The Labute approximate surface area is 149 Å². The van der Waals surface area contributed by atoms with Crippen molar-refractivity contribution in [3.8, 4) is 5.75 Å². The van der Waals surface area contributed by atoms with Gasteiger partial charge in [-0.2, -0.15) is 5.10 Å². The molecule has 3 nitrogen and oxygen atoms in total. The molecule has 2 heterocycles. The van der Waals surface area contributed by atoms with E-state index in [1.165, 1.54) is 5.56 Å². The van der Waals surface area contributed by atoms with E-state index in [2.05, 4.69) is 40.9 Å². The monoisotopic (exact) mass is 390 g/mol. The number of fused-ring (bicyclic) bond motifs is 3. The Balaban J connectivity index is 1.77. The summed E-state index contributed by atoms with van der Waals surface area (Å²) in [4.78, 5) is 0. The molecule has 0 bridgehead atoms. The number of hydrogen-bond donors (Lipinski definition) is 0. The Hall–Kier alpha value is -1.52. The van der Waals surface area contributed by atoms with E-state index in [1.807, 2.05) is 36.4 Å². The molecule has 0 saturated carbocycles. The summed E-state index contributed by atoms with van der Waals surface area (Å²) in [6, 6.07) is 14.2. The lowest BCUT2D eigenvalue weighted by Crippen LogP contribution is -2.48. The van der Waals surface area contributed by atoms with Gasteiger partial charge in [0.05, 0.1) is 11.8 Å². The van der Waals surface area contributed by atoms with Crippen LogP contribution in [0.25, 0.3) is 0 Å². The average Bonchev–Trinajstić information content (AvgIpc) is 2.95. The second-order valence-electron chi connectivity index (χ2n) is 6.35. The van der Waals surface area contributed by atoms with Crippen LogP contribution >= 0.6 is 27.5 Å². The predicted molar refractivity (Wildman–Crippen MR) is 96.0 cm³/mol. The summed E-state index contributed by atoms with van der Waals surface area (Å²) in [7, 11) is 0. The van der Waals surface area contributed by atoms with E-state index in [0.29, 0.717) is 0 Å². The van der Waals surface area contributed by atoms with Crippen molar-refractivity contribution in [2.45, 2.75) is 32.0 Å². The highest BCUT2D eigenvalue weighted by Crippen LogP contribution is 2.47. The number of rotatable bonds is 1. The molecule has 2 aromatic rings. The molecule has 5 heteroatoms. The number of nitrogens with zero attached hydrogens (tertiary/aromatic N) is 2. The standard InChI is InChI=1S/C18H16BrClN2O/c1-18(2)22-16(14-9-12(19)5-8-17(14)23-18)10-15(21-22)11-3-6-13(20)7-4-11/h3-9,16H,10H2,1-2H3. The maximum Gasteiger partial charge on any atom is 0.192 e. The smallest absolute Gasteiger partial charge is 0.192 e. The first kappa shape index (κ1) is 15.0. The van der Waals surface area contributed by atoms with E-state index in [4.69, 9.17) is 21.4 Å². The van der Waals surface area contributed by atoms with Crippen LogP contribution in [0.15, 0.2) is 52.0 Å². The minimum atomic E-state index is -0.473. The van der Waals surface area contributed by atoms with E-state index in [-0.39, 0.29) is 6.04 Å². The van der Waals surface area contributed by atoms with Gasteiger partial charge in [0.25, 0.3) is 0 Å². The van der Waals surface area contributed by atoms with Crippen LogP contribution in [0.2, 0.25) is 5.02 Å². The third-order valence-corrected chi connectivity index (χ3v) is 5.08. The molecule has 0 amide bonds. The third-order valence-electron chi connectivity index (χ3n) is 4.33. The first-order chi connectivity index (χ1) is 10.9. The first-order valence-corrected chi connectivity index (χ1v) is 8.72. The van der Waals surface area contributed by atoms with Gasteiger partial charge in [0.1, 0.15) is 5.75 Å². The molecule has 0 aliphatic carbocycles. The van der Waals surface area contributed by atoms with Gasteiger partial charge in [-0.3, -0.25) is 0 Å². The van der Waals surface area contributed by atoms with Gasteiger partial charge in [0.15, 0.2) is 5.72 Å². The van der Waals surface area contributed by atoms with Crippen molar-refractivity contribution in [2.24, 2.45) is 5.10 Å². The van der Waals surface area contributed by atoms with E-state index in [9.17, 15) is 0 Å². The summed E-state index contributed by atoms with van der Waals surface area (Å²) < 4.78 is 7.22. The molecule has 0 radical (unpaired) electrons. The zero-order valence-electron chi connectivity index (χ0n) is 12.9. The Morgan fingerprint density at radius 1 is 1.22 bits per heavy atom. The molecule has 118 valence electrons. The molecule has 2 aliphatic rings. The number of hydrazone groups is 1. The summed E-state index contributed by atoms with van der Waals surface area (Å²) in [5, 5.41) is 7.67. The van der Waals surface area contributed by atoms with Crippen molar-refractivity contribution in [3.63, 3.8) is 0 Å². The second kappa shape index (κ2) is 5.25. The van der Waals surface area contributed by atoms with E-state index in [1.54, 1.807) is 0 Å². The zero-order chi connectivity index (χ0) is 16.2. The van der Waals surface area contributed by atoms with Gasteiger partial charge in [-0.15, -0.1) is 0 Å². The molecule has 0 spiro atoms. The van der Waals surface area contributed by atoms with Crippen molar-refractivity contribution in [1.82, 2.24) is 5.01 Å². The van der Waals surface area contributed by atoms with E-state index >= 15 is 0 Å². The third kappa shape index (κ3) is 2.54. The van der Waals surface area contributed by atoms with Crippen molar-refractivity contribution in [1.29, 1.82) is 0 Å². The predicted octanol–water partition coefficient (Wildman–Crippen LogP) is 5.38. The maximum absolute atomic E-state index is 6.17. The normalized spacial score (nSPS) is 21.3. The number of benzene rings is 2. The highest BCUT2D eigenvalue weighted by Gasteiger charge is 2.44. The summed E-state index contributed by atoms with van der Waals surface area (Å²) in [6.07, 6.45) is 0.859. The van der Waals surface area contributed by atoms with Crippen LogP contribution in [0.5, 0.6) is 5.75 Å². The summed E-state index contributed by atoms with van der Waals surface area (Å²) in [5.41, 5.74) is 2.87. The van der Waals surface area contributed by atoms with Crippen LogP contribution in [-0.2, 0) is 0 Å². The number of ether oxygens (including phenoxy) is 1. The van der Waals surface area contributed by atoms with E-state index < -0.39 is 5.72 Å². The highest BCUT2D eigenvalue weighted by molar-refractivity contribution is 9.10. The lowest BCUT2D eigenvalue weighted by atomic mass is 9.95. The molecular weight excluding hydrogens is 376 g/mol. The SMILES string of the molecule is CC1(C)Oc2ccc(Br)cc2C2CC(c3ccc(Cl)cc3)=NN21. The average molecular weight is 392 g/mol. The van der Waals surface area contributed by atoms with Crippen molar-refractivity contribution in [2.75, 3.05) is 0 Å². The Bertz CT molecular complexity index is 801. The molecule has 0 saturated heterocycles. The van der Waals surface area contributed by atoms with Crippen molar-refractivity contribution in [3.05, 3.63) is 63.1 Å². The molecule has 1 unspecified atom stereocenters. The Morgan fingerprint density at radius 3 is 2.70 bits per heavy atom. The quantitative estimate of drug-likeness (QED) is 0.652. The van der Waals surface area contributed by atoms with Gasteiger partial charge in [-0.1, -0.05) is 39.7 Å². The summed E-state index contributed by atoms with van der Waals surface area (Å²) in [6.45, 7) is 4.11. The molecular formula is C18H16BrClN2O. The highest BCUT2D eigenvalue weighted by atomic mass is 79.9. The Morgan fingerprint density at radius 2 is 1.96 bits per heavy atom. The molecule has 2 aliphatic heterocycles. The first-order valence-electron chi connectivity index (χ1n) is 7.55. The van der Waals surface area contributed by atoms with Gasteiger partial charge in [0, 0.05) is 21.5 Å². The zero-order valence-corrected chi connectivity index (χ0v) is 15.2.